The van der Waals surface area contributed by atoms with Gasteiger partial charge in [0.2, 0.25) is 0 Å². The van der Waals surface area contributed by atoms with E-state index in [1.54, 1.807) is 0 Å². The van der Waals surface area contributed by atoms with Crippen LogP contribution in [0.1, 0.15) is 30.9 Å². The Morgan fingerprint density at radius 1 is 1.10 bits per heavy atom. The molecule has 20 heavy (non-hydrogen) atoms. The summed E-state index contributed by atoms with van der Waals surface area (Å²) in [6.45, 7) is 3.25. The van der Waals surface area contributed by atoms with E-state index in [9.17, 15) is 13.2 Å². The van der Waals surface area contributed by atoms with Gasteiger partial charge in [0.05, 0.1) is 0 Å². The van der Waals surface area contributed by atoms with E-state index in [-0.39, 0.29) is 11.6 Å². The normalized spacial score (nSPS) is 22.6. The molecule has 0 amide bonds. The summed E-state index contributed by atoms with van der Waals surface area (Å²) in [6, 6.07) is 1.59. The molecule has 0 radical (unpaired) electrons. The molecule has 1 aliphatic heterocycles. The highest BCUT2D eigenvalue weighted by molar-refractivity contribution is 5.25. The number of hydrogen-bond donors (Lipinski definition) is 1. The third-order valence-corrected chi connectivity index (χ3v) is 4.48. The van der Waals surface area contributed by atoms with E-state index in [1.807, 2.05) is 0 Å². The Kier molecular flexibility index (Phi) is 3.98. The van der Waals surface area contributed by atoms with Gasteiger partial charge in [-0.15, -0.1) is 0 Å². The van der Waals surface area contributed by atoms with E-state index in [4.69, 9.17) is 0 Å². The lowest BCUT2D eigenvalue weighted by atomic mass is 9.76. The van der Waals surface area contributed by atoms with Crippen molar-refractivity contribution in [2.75, 3.05) is 26.2 Å². The lowest BCUT2D eigenvalue weighted by Crippen LogP contribution is -2.48. The highest BCUT2D eigenvalue weighted by Gasteiger charge is 2.36. The fourth-order valence-corrected chi connectivity index (χ4v) is 3.26. The van der Waals surface area contributed by atoms with Gasteiger partial charge in [-0.1, -0.05) is 6.42 Å². The van der Waals surface area contributed by atoms with E-state index >= 15 is 0 Å². The highest BCUT2D eigenvalue weighted by Crippen LogP contribution is 2.42. The maximum atomic E-state index is 14.1. The monoisotopic (exact) mass is 284 g/mol. The first-order valence-electron chi connectivity index (χ1n) is 7.26. The summed E-state index contributed by atoms with van der Waals surface area (Å²) in [5.41, 5.74) is 0.189. The minimum atomic E-state index is -1.08. The lowest BCUT2D eigenvalue weighted by molar-refractivity contribution is 0.0804. The second-order valence-electron chi connectivity index (χ2n) is 5.71. The fraction of sp³-hybridized carbons (Fsp3) is 0.600. The number of hydrogen-bond acceptors (Lipinski definition) is 2. The van der Waals surface area contributed by atoms with Crippen LogP contribution in [0, 0.1) is 23.4 Å². The average molecular weight is 284 g/mol. The Bertz CT molecular complexity index is 482. The van der Waals surface area contributed by atoms with Crippen molar-refractivity contribution in [3.05, 3.63) is 35.1 Å². The van der Waals surface area contributed by atoms with Crippen LogP contribution in [0.2, 0.25) is 0 Å². The quantitative estimate of drug-likeness (QED) is 0.859. The SMILES string of the molecule is Fc1cc(F)c(F)c([C@H](C2CCC2)N2CCNCC2)c1. The van der Waals surface area contributed by atoms with Gasteiger partial charge < -0.3 is 5.32 Å². The van der Waals surface area contributed by atoms with Crippen molar-refractivity contribution in [2.45, 2.75) is 25.3 Å². The maximum Gasteiger partial charge on any atom is 0.163 e. The smallest absolute Gasteiger partial charge is 0.163 e. The molecule has 1 aliphatic carbocycles. The summed E-state index contributed by atoms with van der Waals surface area (Å²) >= 11 is 0. The molecule has 1 saturated heterocycles. The van der Waals surface area contributed by atoms with Crippen LogP contribution < -0.4 is 5.32 Å². The van der Waals surface area contributed by atoms with Crippen LogP contribution in [0.4, 0.5) is 13.2 Å². The second-order valence-corrected chi connectivity index (χ2v) is 5.71. The zero-order chi connectivity index (χ0) is 14.1. The number of halogens is 3. The Morgan fingerprint density at radius 2 is 1.80 bits per heavy atom. The van der Waals surface area contributed by atoms with Gasteiger partial charge in [-0.25, -0.2) is 13.2 Å². The van der Waals surface area contributed by atoms with E-state index < -0.39 is 17.5 Å². The summed E-state index contributed by atoms with van der Waals surface area (Å²) in [5, 5.41) is 3.25. The topological polar surface area (TPSA) is 15.3 Å². The standard InChI is InChI=1S/C15H19F3N2/c16-11-8-12(14(18)13(17)9-11)15(10-2-1-3-10)20-6-4-19-5-7-20/h8-10,15,19H,1-7H2/t15-/m0/s1. The molecule has 1 N–H and O–H groups in total. The molecule has 1 aromatic rings. The minimum Gasteiger partial charge on any atom is -0.314 e. The van der Waals surface area contributed by atoms with Crippen molar-refractivity contribution in [1.82, 2.24) is 10.2 Å². The molecule has 2 aliphatic rings. The lowest BCUT2D eigenvalue weighted by Gasteiger charge is -2.43. The molecule has 2 fully saturated rings. The number of piperazine rings is 1. The van der Waals surface area contributed by atoms with Crippen LogP contribution >= 0.6 is 0 Å². The van der Waals surface area contributed by atoms with E-state index in [0.29, 0.717) is 12.0 Å². The number of nitrogens with zero attached hydrogens (tertiary/aromatic N) is 1. The molecule has 1 saturated carbocycles. The summed E-state index contributed by atoms with van der Waals surface area (Å²) in [7, 11) is 0. The van der Waals surface area contributed by atoms with Crippen molar-refractivity contribution >= 4 is 0 Å². The van der Waals surface area contributed by atoms with Crippen LogP contribution in [-0.2, 0) is 0 Å². The molecule has 1 heterocycles. The maximum absolute atomic E-state index is 14.1. The first kappa shape index (κ1) is 13.9. The van der Waals surface area contributed by atoms with Crippen LogP contribution in [0.5, 0.6) is 0 Å². The minimum absolute atomic E-state index is 0.189. The summed E-state index contributed by atoms with van der Waals surface area (Å²) < 4.78 is 41.1. The molecule has 0 bridgehead atoms. The van der Waals surface area contributed by atoms with E-state index in [0.717, 1.165) is 45.4 Å². The van der Waals surface area contributed by atoms with Crippen molar-refractivity contribution in [1.29, 1.82) is 0 Å². The summed E-state index contributed by atoms with van der Waals surface area (Å²) in [6.07, 6.45) is 3.13. The molecule has 0 unspecified atom stereocenters. The summed E-state index contributed by atoms with van der Waals surface area (Å²) in [5.74, 6) is -2.36. The predicted octanol–water partition coefficient (Wildman–Crippen LogP) is 2.85. The zero-order valence-corrected chi connectivity index (χ0v) is 11.3. The average Bonchev–Trinajstić information content (AvgIpc) is 2.39. The highest BCUT2D eigenvalue weighted by atomic mass is 19.2. The van der Waals surface area contributed by atoms with Gasteiger partial charge in [0.25, 0.3) is 0 Å². The first-order valence-corrected chi connectivity index (χ1v) is 7.26. The van der Waals surface area contributed by atoms with E-state index in [2.05, 4.69) is 10.2 Å². The molecule has 0 aromatic heterocycles. The molecule has 1 aromatic carbocycles. The van der Waals surface area contributed by atoms with Gasteiger partial charge in [-0.2, -0.15) is 0 Å². The van der Waals surface area contributed by atoms with Gasteiger partial charge >= 0.3 is 0 Å². The largest absolute Gasteiger partial charge is 0.314 e. The molecule has 1 atom stereocenters. The predicted molar refractivity (Wildman–Crippen MR) is 70.8 cm³/mol. The number of nitrogens with one attached hydrogen (secondary N) is 1. The molecular formula is C15H19F3N2. The molecule has 5 heteroatoms. The van der Waals surface area contributed by atoms with Crippen molar-refractivity contribution in [3.63, 3.8) is 0 Å². The van der Waals surface area contributed by atoms with Crippen LogP contribution in [0.3, 0.4) is 0 Å². The van der Waals surface area contributed by atoms with Gasteiger partial charge in [0, 0.05) is 43.9 Å². The van der Waals surface area contributed by atoms with Crippen LogP contribution in [0.25, 0.3) is 0 Å². The molecule has 2 nitrogen and oxygen atoms in total. The van der Waals surface area contributed by atoms with Gasteiger partial charge in [0.1, 0.15) is 5.82 Å². The van der Waals surface area contributed by atoms with Gasteiger partial charge in [-0.3, -0.25) is 4.90 Å². The fourth-order valence-electron chi connectivity index (χ4n) is 3.26. The number of rotatable bonds is 3. The van der Waals surface area contributed by atoms with Gasteiger partial charge in [-0.05, 0) is 24.8 Å². The Morgan fingerprint density at radius 3 is 2.40 bits per heavy atom. The first-order chi connectivity index (χ1) is 9.66. The van der Waals surface area contributed by atoms with E-state index in [1.165, 1.54) is 6.07 Å². The van der Waals surface area contributed by atoms with Crippen molar-refractivity contribution in [3.8, 4) is 0 Å². The molecule has 3 rings (SSSR count). The Labute approximate surface area is 117 Å². The third-order valence-electron chi connectivity index (χ3n) is 4.48. The summed E-state index contributed by atoms with van der Waals surface area (Å²) in [4.78, 5) is 2.16. The van der Waals surface area contributed by atoms with Crippen LogP contribution in [0.15, 0.2) is 12.1 Å². The van der Waals surface area contributed by atoms with Crippen molar-refractivity contribution in [2.24, 2.45) is 5.92 Å². The molecule has 110 valence electrons. The Balaban J connectivity index is 1.96. The van der Waals surface area contributed by atoms with Gasteiger partial charge in [0.15, 0.2) is 11.6 Å². The van der Waals surface area contributed by atoms with Crippen LogP contribution in [-0.4, -0.2) is 31.1 Å². The second kappa shape index (κ2) is 5.74. The molecular weight excluding hydrogens is 265 g/mol. The third kappa shape index (κ3) is 2.56. The molecule has 0 spiro atoms. The number of benzene rings is 1. The Hall–Kier alpha value is -1.07. The zero-order valence-electron chi connectivity index (χ0n) is 11.3. The van der Waals surface area contributed by atoms with Crippen molar-refractivity contribution < 1.29 is 13.2 Å².